The monoisotopic (exact) mass is 538 g/mol. The molecule has 3 aromatic carbocycles. The van der Waals surface area contributed by atoms with Crippen molar-refractivity contribution in [2.75, 3.05) is 10.2 Å². The molecule has 0 spiro atoms. The minimum absolute atomic E-state index is 0.240. The van der Waals surface area contributed by atoms with Crippen LogP contribution in [-0.2, 0) is 6.18 Å². The Morgan fingerprint density at radius 1 is 0.875 bits per heavy atom. The van der Waals surface area contributed by atoms with Crippen LogP contribution >= 0.6 is 0 Å². The fourth-order valence-corrected chi connectivity index (χ4v) is 5.17. The van der Waals surface area contributed by atoms with Crippen LogP contribution in [0, 0.1) is 6.92 Å². The number of rotatable bonds is 3. The number of hydrogen-bond acceptors (Lipinski definition) is 6. The van der Waals surface area contributed by atoms with Crippen molar-refractivity contribution in [1.29, 1.82) is 0 Å². The first kappa shape index (κ1) is 24.0. The van der Waals surface area contributed by atoms with Crippen molar-refractivity contribution in [3.63, 3.8) is 0 Å². The molecule has 0 saturated carbocycles. The van der Waals surface area contributed by atoms with E-state index in [9.17, 15) is 13.2 Å². The van der Waals surface area contributed by atoms with Gasteiger partial charge in [0.2, 0.25) is 0 Å². The van der Waals surface area contributed by atoms with Gasteiger partial charge in [-0.2, -0.15) is 18.3 Å². The van der Waals surface area contributed by atoms with Gasteiger partial charge in [0.1, 0.15) is 11.8 Å². The number of nitrogens with zero attached hydrogens (tertiary/aromatic N) is 5. The van der Waals surface area contributed by atoms with Gasteiger partial charge >= 0.3 is 6.18 Å². The number of halogens is 3. The zero-order valence-corrected chi connectivity index (χ0v) is 21.1. The number of aliphatic imine (C=N–C) groups is 2. The molecule has 7 rings (SSSR count). The van der Waals surface area contributed by atoms with Crippen molar-refractivity contribution in [2.24, 2.45) is 9.98 Å². The lowest BCUT2D eigenvalue weighted by Crippen LogP contribution is -2.46. The average Bonchev–Trinajstić information content (AvgIpc) is 3.61. The largest absolute Gasteiger partial charge is 0.467 e. The van der Waals surface area contributed by atoms with Crippen LogP contribution in [0.4, 0.5) is 36.1 Å². The molecule has 40 heavy (non-hydrogen) atoms. The van der Waals surface area contributed by atoms with Crippen LogP contribution in [0.25, 0.3) is 5.69 Å². The van der Waals surface area contributed by atoms with E-state index >= 15 is 0 Å². The van der Waals surface area contributed by atoms with E-state index in [-0.39, 0.29) is 5.69 Å². The molecule has 2 aliphatic rings. The third kappa shape index (κ3) is 3.87. The SMILES string of the molecule is Cc1nn(-c2ccccc2)c2c1[C@@H](c1ccco1)N1C(=N2)C(Nc2cccc(C(F)(F)F)c2)=Nc2ccccc21. The molecule has 5 aromatic rings. The maximum atomic E-state index is 13.5. The fraction of sp³-hybridized carbons (Fsp3) is 0.100. The summed E-state index contributed by atoms with van der Waals surface area (Å²) in [5.41, 5.74) is 3.37. The van der Waals surface area contributed by atoms with E-state index < -0.39 is 17.8 Å². The van der Waals surface area contributed by atoms with Crippen molar-refractivity contribution < 1.29 is 17.6 Å². The number of alkyl halides is 3. The first-order valence-electron chi connectivity index (χ1n) is 12.6. The number of furan rings is 1. The van der Waals surface area contributed by atoms with E-state index in [4.69, 9.17) is 19.5 Å². The molecular formula is C30H21F3N6O. The molecule has 1 atom stereocenters. The van der Waals surface area contributed by atoms with Gasteiger partial charge in [-0.1, -0.05) is 36.4 Å². The van der Waals surface area contributed by atoms with Gasteiger partial charge in [0, 0.05) is 5.69 Å². The van der Waals surface area contributed by atoms with Crippen LogP contribution in [-0.4, -0.2) is 21.5 Å². The number of aromatic nitrogens is 2. The molecule has 2 aromatic heterocycles. The maximum Gasteiger partial charge on any atom is 0.416 e. The summed E-state index contributed by atoms with van der Waals surface area (Å²) >= 11 is 0. The second-order valence-electron chi connectivity index (χ2n) is 9.45. The van der Waals surface area contributed by atoms with Gasteiger partial charge in [-0.3, -0.25) is 0 Å². The van der Waals surface area contributed by atoms with Crippen molar-refractivity contribution in [3.8, 4) is 5.69 Å². The summed E-state index contributed by atoms with van der Waals surface area (Å²) in [6.45, 7) is 1.93. The fourth-order valence-electron chi connectivity index (χ4n) is 5.17. The smallest absolute Gasteiger partial charge is 0.416 e. The Balaban J connectivity index is 1.46. The molecule has 1 N–H and O–H groups in total. The normalized spacial score (nSPS) is 16.0. The van der Waals surface area contributed by atoms with Crippen LogP contribution in [0.15, 0.2) is 112 Å². The van der Waals surface area contributed by atoms with Crippen molar-refractivity contribution in [1.82, 2.24) is 9.78 Å². The van der Waals surface area contributed by atoms with Gasteiger partial charge in [-0.15, -0.1) is 0 Å². The van der Waals surface area contributed by atoms with Crippen LogP contribution in [0.1, 0.15) is 28.6 Å². The molecule has 198 valence electrons. The minimum atomic E-state index is -4.48. The maximum absolute atomic E-state index is 13.5. The molecule has 0 unspecified atom stereocenters. The molecule has 7 nitrogen and oxygen atoms in total. The number of anilines is 2. The number of amidine groups is 2. The highest BCUT2D eigenvalue weighted by Gasteiger charge is 2.42. The predicted molar refractivity (Wildman–Crippen MR) is 147 cm³/mol. The lowest BCUT2D eigenvalue weighted by atomic mass is 9.98. The zero-order chi connectivity index (χ0) is 27.4. The number of fused-ring (bicyclic) bond motifs is 4. The summed E-state index contributed by atoms with van der Waals surface area (Å²) in [6.07, 6.45) is -2.87. The molecular weight excluding hydrogens is 517 g/mol. The van der Waals surface area contributed by atoms with E-state index in [0.717, 1.165) is 34.8 Å². The summed E-state index contributed by atoms with van der Waals surface area (Å²) < 4.78 is 48.2. The summed E-state index contributed by atoms with van der Waals surface area (Å²) in [7, 11) is 0. The highest BCUT2D eigenvalue weighted by atomic mass is 19.4. The topological polar surface area (TPSA) is 71.0 Å². The van der Waals surface area contributed by atoms with Crippen molar-refractivity contribution in [2.45, 2.75) is 19.1 Å². The number of benzene rings is 3. The van der Waals surface area contributed by atoms with E-state index in [2.05, 4.69) is 5.32 Å². The number of nitrogens with one attached hydrogen (secondary N) is 1. The Bertz CT molecular complexity index is 1790. The van der Waals surface area contributed by atoms with Crippen molar-refractivity contribution >= 4 is 34.6 Å². The van der Waals surface area contributed by atoms with Gasteiger partial charge in [-0.05, 0) is 61.5 Å². The second-order valence-corrected chi connectivity index (χ2v) is 9.45. The summed E-state index contributed by atoms with van der Waals surface area (Å²) in [5, 5.41) is 7.95. The third-order valence-corrected chi connectivity index (χ3v) is 6.90. The van der Waals surface area contributed by atoms with Gasteiger partial charge in [-0.25, -0.2) is 14.7 Å². The van der Waals surface area contributed by atoms with Gasteiger partial charge in [0.05, 0.1) is 40.1 Å². The third-order valence-electron chi connectivity index (χ3n) is 6.90. The first-order valence-corrected chi connectivity index (χ1v) is 12.6. The molecule has 0 radical (unpaired) electrons. The van der Waals surface area contributed by atoms with Crippen LogP contribution < -0.4 is 10.2 Å². The van der Waals surface area contributed by atoms with Crippen molar-refractivity contribution in [3.05, 3.63) is 120 Å². The first-order chi connectivity index (χ1) is 19.4. The van der Waals surface area contributed by atoms with E-state index in [0.29, 0.717) is 28.9 Å². The Morgan fingerprint density at radius 2 is 1.68 bits per heavy atom. The van der Waals surface area contributed by atoms with Gasteiger partial charge in [0.15, 0.2) is 17.5 Å². The lowest BCUT2D eigenvalue weighted by molar-refractivity contribution is -0.137. The molecule has 0 aliphatic carbocycles. The molecule has 10 heteroatoms. The van der Waals surface area contributed by atoms with E-state index in [1.54, 1.807) is 17.0 Å². The molecule has 0 fully saturated rings. The Morgan fingerprint density at radius 3 is 2.45 bits per heavy atom. The molecule has 0 saturated heterocycles. The highest BCUT2D eigenvalue weighted by molar-refractivity contribution is 6.51. The minimum Gasteiger partial charge on any atom is -0.467 e. The number of aryl methyl sites for hydroxylation is 1. The number of para-hydroxylation sites is 3. The second kappa shape index (κ2) is 8.98. The average molecular weight is 539 g/mol. The Hall–Kier alpha value is -5.12. The van der Waals surface area contributed by atoms with Crippen LogP contribution in [0.5, 0.6) is 0 Å². The van der Waals surface area contributed by atoms with Crippen LogP contribution in [0.3, 0.4) is 0 Å². The van der Waals surface area contributed by atoms with E-state index in [1.165, 1.54) is 6.07 Å². The predicted octanol–water partition coefficient (Wildman–Crippen LogP) is 7.59. The van der Waals surface area contributed by atoms with E-state index in [1.807, 2.05) is 78.6 Å². The molecule has 0 amide bonds. The summed E-state index contributed by atoms with van der Waals surface area (Å²) in [5.74, 6) is 1.99. The van der Waals surface area contributed by atoms with Gasteiger partial charge < -0.3 is 14.6 Å². The molecule has 0 bridgehead atoms. The molecule has 4 heterocycles. The molecule has 2 aliphatic heterocycles. The Labute approximate surface area is 226 Å². The quantitative estimate of drug-likeness (QED) is 0.257. The standard InChI is InChI=1S/C30H21F3N6O/c1-18-25-26(24-15-8-16-40-24)38-23-14-6-5-13-22(23)35-27(34-20-10-7-9-19(17-20)30(31,32)33)29(38)36-28(25)39(37-18)21-11-3-2-4-12-21/h2-17,26H,1H3,(H,34,35)/t26-/m1/s1. The van der Waals surface area contributed by atoms with Gasteiger partial charge in [0.25, 0.3) is 0 Å². The van der Waals surface area contributed by atoms with Crippen LogP contribution in [0.2, 0.25) is 0 Å². The number of hydrogen-bond donors (Lipinski definition) is 1. The Kier molecular flexibility index (Phi) is 5.38. The summed E-state index contributed by atoms with van der Waals surface area (Å²) in [6, 6.07) is 25.5. The zero-order valence-electron chi connectivity index (χ0n) is 21.1. The summed E-state index contributed by atoms with van der Waals surface area (Å²) in [4.78, 5) is 11.9. The highest BCUT2D eigenvalue weighted by Crippen LogP contribution is 2.48. The lowest BCUT2D eigenvalue weighted by Gasteiger charge is -2.39.